The molecule has 4 nitrogen and oxygen atoms in total. The lowest BCUT2D eigenvalue weighted by atomic mass is 10.0. The number of pyridine rings is 1. The quantitative estimate of drug-likeness (QED) is 0.668. The smallest absolute Gasteiger partial charge is 0.193 e. The van der Waals surface area contributed by atoms with Crippen molar-refractivity contribution in [2.24, 2.45) is 0 Å². The van der Waals surface area contributed by atoms with Gasteiger partial charge in [0, 0.05) is 18.3 Å². The summed E-state index contributed by atoms with van der Waals surface area (Å²) in [6, 6.07) is 0. The summed E-state index contributed by atoms with van der Waals surface area (Å²) in [5, 5.41) is 3.33. The predicted molar refractivity (Wildman–Crippen MR) is 50.6 cm³/mol. The van der Waals surface area contributed by atoms with Gasteiger partial charge in [-0.2, -0.15) is 8.75 Å². The van der Waals surface area contributed by atoms with Crippen LogP contribution in [0.4, 0.5) is 0 Å². The summed E-state index contributed by atoms with van der Waals surface area (Å²) in [6.07, 6.45) is 2.98. The molecule has 13 heavy (non-hydrogen) atoms. The average molecular weight is 192 g/mol. The molecule has 0 saturated heterocycles. The standard InChI is InChI=1S/C8H8N4S/c1-2-9-4-6-5(1)3-10-8-7(6)11-13-12-8/h3,9H,1-2,4H2. The Kier molecular flexibility index (Phi) is 1.53. The van der Waals surface area contributed by atoms with E-state index < -0.39 is 0 Å². The van der Waals surface area contributed by atoms with E-state index in [-0.39, 0.29) is 0 Å². The summed E-state index contributed by atoms with van der Waals surface area (Å²) in [5.41, 5.74) is 4.37. The monoisotopic (exact) mass is 192 g/mol. The minimum Gasteiger partial charge on any atom is -0.312 e. The van der Waals surface area contributed by atoms with Crippen molar-refractivity contribution in [1.29, 1.82) is 0 Å². The SMILES string of the molecule is c1nc2nsnc2c2c1CCNC2. The molecule has 0 unspecified atom stereocenters. The zero-order chi connectivity index (χ0) is 8.67. The third kappa shape index (κ3) is 1.04. The molecule has 0 aliphatic carbocycles. The second kappa shape index (κ2) is 2.71. The van der Waals surface area contributed by atoms with E-state index in [4.69, 9.17) is 0 Å². The first-order valence-electron chi connectivity index (χ1n) is 4.25. The molecule has 2 aromatic heterocycles. The van der Waals surface area contributed by atoms with Crippen molar-refractivity contribution in [3.05, 3.63) is 17.3 Å². The van der Waals surface area contributed by atoms with Gasteiger partial charge in [-0.3, -0.25) is 0 Å². The molecule has 0 amide bonds. The van der Waals surface area contributed by atoms with Crippen LogP contribution in [-0.4, -0.2) is 20.3 Å². The molecule has 1 aliphatic rings. The Bertz CT molecular complexity index is 450. The first-order chi connectivity index (χ1) is 6.45. The van der Waals surface area contributed by atoms with Crippen molar-refractivity contribution in [2.75, 3.05) is 6.54 Å². The summed E-state index contributed by atoms with van der Waals surface area (Å²) in [5.74, 6) is 0. The highest BCUT2D eigenvalue weighted by Gasteiger charge is 2.14. The molecule has 2 aromatic rings. The Hall–Kier alpha value is -1.07. The zero-order valence-electron chi connectivity index (χ0n) is 6.95. The van der Waals surface area contributed by atoms with Gasteiger partial charge in [-0.15, -0.1) is 0 Å². The highest BCUT2D eigenvalue weighted by molar-refractivity contribution is 7.00. The normalized spacial score (nSPS) is 16.0. The molecule has 0 fully saturated rings. The van der Waals surface area contributed by atoms with Crippen LogP contribution in [0.3, 0.4) is 0 Å². The van der Waals surface area contributed by atoms with Crippen molar-refractivity contribution < 1.29 is 0 Å². The Morgan fingerprint density at radius 3 is 3.38 bits per heavy atom. The maximum Gasteiger partial charge on any atom is 0.193 e. The summed E-state index contributed by atoms with van der Waals surface area (Å²) >= 11 is 1.24. The van der Waals surface area contributed by atoms with Crippen molar-refractivity contribution >= 4 is 22.9 Å². The predicted octanol–water partition coefficient (Wildman–Crippen LogP) is 0.732. The lowest BCUT2D eigenvalue weighted by molar-refractivity contribution is 0.645. The van der Waals surface area contributed by atoms with Crippen LogP contribution in [-0.2, 0) is 13.0 Å². The number of nitrogens with one attached hydrogen (secondary N) is 1. The zero-order valence-corrected chi connectivity index (χ0v) is 7.77. The second-order valence-corrected chi connectivity index (χ2v) is 3.65. The van der Waals surface area contributed by atoms with Crippen LogP contribution in [0.15, 0.2) is 6.20 Å². The first-order valence-corrected chi connectivity index (χ1v) is 4.98. The molecule has 0 aromatic carbocycles. The molecule has 66 valence electrons. The third-order valence-electron chi connectivity index (χ3n) is 2.36. The molecule has 1 N–H and O–H groups in total. The topological polar surface area (TPSA) is 50.7 Å². The molecule has 1 aliphatic heterocycles. The van der Waals surface area contributed by atoms with Crippen LogP contribution in [0.1, 0.15) is 11.1 Å². The van der Waals surface area contributed by atoms with E-state index in [0.29, 0.717) is 0 Å². The second-order valence-electron chi connectivity index (χ2n) is 3.13. The van der Waals surface area contributed by atoms with Gasteiger partial charge in [-0.1, -0.05) is 0 Å². The van der Waals surface area contributed by atoms with Gasteiger partial charge >= 0.3 is 0 Å². The van der Waals surface area contributed by atoms with Crippen LogP contribution in [0.2, 0.25) is 0 Å². The van der Waals surface area contributed by atoms with Crippen LogP contribution >= 0.6 is 11.7 Å². The van der Waals surface area contributed by atoms with E-state index in [1.807, 2.05) is 6.20 Å². The first kappa shape index (κ1) is 7.34. The van der Waals surface area contributed by atoms with Gasteiger partial charge in [0.05, 0.1) is 11.7 Å². The fourth-order valence-corrected chi connectivity index (χ4v) is 2.20. The van der Waals surface area contributed by atoms with Gasteiger partial charge in [0.15, 0.2) is 5.65 Å². The number of aromatic nitrogens is 3. The largest absolute Gasteiger partial charge is 0.312 e. The van der Waals surface area contributed by atoms with E-state index in [1.54, 1.807) is 0 Å². The molecule has 0 spiro atoms. The van der Waals surface area contributed by atoms with Gasteiger partial charge < -0.3 is 5.32 Å². The molecule has 3 heterocycles. The van der Waals surface area contributed by atoms with Crippen molar-refractivity contribution in [1.82, 2.24) is 19.0 Å². The lowest BCUT2D eigenvalue weighted by Gasteiger charge is -2.15. The maximum atomic E-state index is 4.26. The molecule has 0 radical (unpaired) electrons. The van der Waals surface area contributed by atoms with Crippen LogP contribution in [0.5, 0.6) is 0 Å². The maximum absolute atomic E-state index is 4.26. The number of rotatable bonds is 0. The summed E-state index contributed by atoms with van der Waals surface area (Å²) in [6.45, 7) is 1.94. The van der Waals surface area contributed by atoms with E-state index in [9.17, 15) is 0 Å². The van der Waals surface area contributed by atoms with Gasteiger partial charge in [-0.05, 0) is 18.5 Å². The third-order valence-corrected chi connectivity index (χ3v) is 2.88. The van der Waals surface area contributed by atoms with Gasteiger partial charge in [-0.25, -0.2) is 4.98 Å². The molecule has 0 bridgehead atoms. The fourth-order valence-electron chi connectivity index (χ4n) is 1.68. The minimum atomic E-state index is 0.785. The Morgan fingerprint density at radius 1 is 1.38 bits per heavy atom. The highest BCUT2D eigenvalue weighted by atomic mass is 32.1. The van der Waals surface area contributed by atoms with E-state index in [1.165, 1.54) is 22.9 Å². The summed E-state index contributed by atoms with van der Waals surface area (Å²) in [4.78, 5) is 4.26. The number of fused-ring (bicyclic) bond motifs is 3. The molecular weight excluding hydrogens is 184 g/mol. The molecule has 0 atom stereocenters. The van der Waals surface area contributed by atoms with E-state index in [2.05, 4.69) is 19.0 Å². The van der Waals surface area contributed by atoms with E-state index >= 15 is 0 Å². The van der Waals surface area contributed by atoms with Gasteiger partial charge in [0.1, 0.15) is 5.52 Å². The Morgan fingerprint density at radius 2 is 2.38 bits per heavy atom. The number of hydrogen-bond acceptors (Lipinski definition) is 5. The minimum absolute atomic E-state index is 0.785. The number of nitrogens with zero attached hydrogens (tertiary/aromatic N) is 3. The summed E-state index contributed by atoms with van der Waals surface area (Å²) < 4.78 is 8.38. The molecular formula is C8H8N4S. The highest BCUT2D eigenvalue weighted by Crippen LogP contribution is 2.20. The fraction of sp³-hybridized carbons (Fsp3) is 0.375. The molecule has 5 heteroatoms. The molecule has 0 saturated carbocycles. The van der Waals surface area contributed by atoms with Gasteiger partial charge in [0.2, 0.25) is 0 Å². The van der Waals surface area contributed by atoms with Crippen molar-refractivity contribution in [3.8, 4) is 0 Å². The molecule has 3 rings (SSSR count). The van der Waals surface area contributed by atoms with Crippen LogP contribution in [0.25, 0.3) is 11.2 Å². The lowest BCUT2D eigenvalue weighted by Crippen LogP contribution is -2.24. The van der Waals surface area contributed by atoms with E-state index in [0.717, 1.165) is 30.7 Å². The average Bonchev–Trinajstić information content (AvgIpc) is 2.65. The van der Waals surface area contributed by atoms with Crippen LogP contribution < -0.4 is 5.32 Å². The number of hydrogen-bond donors (Lipinski definition) is 1. The van der Waals surface area contributed by atoms with Crippen molar-refractivity contribution in [3.63, 3.8) is 0 Å². The van der Waals surface area contributed by atoms with Gasteiger partial charge in [0.25, 0.3) is 0 Å². The summed E-state index contributed by atoms with van der Waals surface area (Å²) in [7, 11) is 0. The van der Waals surface area contributed by atoms with Crippen molar-refractivity contribution in [2.45, 2.75) is 13.0 Å². The Balaban J connectivity index is 2.34. The van der Waals surface area contributed by atoms with Crippen LogP contribution in [0, 0.1) is 0 Å². The Labute approximate surface area is 79.3 Å².